The molecule has 2 aromatic rings. The summed E-state index contributed by atoms with van der Waals surface area (Å²) in [7, 11) is -6.39. The van der Waals surface area contributed by atoms with Crippen LogP contribution >= 0.6 is 0 Å². The van der Waals surface area contributed by atoms with E-state index in [-0.39, 0.29) is 5.75 Å². The molecule has 0 bridgehead atoms. The van der Waals surface area contributed by atoms with E-state index in [9.17, 15) is 40.1 Å². The van der Waals surface area contributed by atoms with E-state index in [4.69, 9.17) is 4.74 Å². The summed E-state index contributed by atoms with van der Waals surface area (Å²) in [6.07, 6.45) is -8.65. The van der Waals surface area contributed by atoms with Gasteiger partial charge >= 0.3 is 27.4 Å². The Morgan fingerprint density at radius 2 is 1.70 bits per heavy atom. The summed E-state index contributed by atoms with van der Waals surface area (Å²) in [4.78, 5) is 21.7. The Bertz CT molecular complexity index is 1080. The minimum Gasteiger partial charge on any atom is -0.425 e. The summed E-state index contributed by atoms with van der Waals surface area (Å²) in [6, 6.07) is 9.29. The number of carbonyl (C=O) groups excluding carboxylic acids is 1. The summed E-state index contributed by atoms with van der Waals surface area (Å²) >= 11 is 0. The summed E-state index contributed by atoms with van der Waals surface area (Å²) in [5.74, 6) is -1.64. The van der Waals surface area contributed by atoms with Crippen LogP contribution in [0.4, 0.5) is 22.0 Å². The fourth-order valence-corrected chi connectivity index (χ4v) is 2.88. The summed E-state index contributed by atoms with van der Waals surface area (Å²) in [5.41, 5.74) is 0.805. The number of carbonyl (C=O) groups is 1. The second kappa shape index (κ2) is 8.44. The first-order chi connectivity index (χ1) is 13.8. The van der Waals surface area contributed by atoms with Crippen LogP contribution in [0.5, 0.6) is 5.75 Å². The molecule has 2 rings (SSSR count). The van der Waals surface area contributed by atoms with Gasteiger partial charge in [-0.15, -0.1) is 4.91 Å². The van der Waals surface area contributed by atoms with E-state index in [1.165, 1.54) is 18.2 Å². The molecular weight excluding hydrogens is 441 g/mol. The lowest BCUT2D eigenvalue weighted by Crippen LogP contribution is -2.51. The normalized spacial score (nSPS) is 13.6. The van der Waals surface area contributed by atoms with Crippen LogP contribution in [-0.4, -0.2) is 38.5 Å². The van der Waals surface area contributed by atoms with Crippen molar-refractivity contribution in [3.63, 3.8) is 0 Å². The standard InChI is InChI=1S/C17H12F5NO6S/c1-2-10-3-4-12-8-13(6-5-11(12)7-10)29-14(24)9-28-15(16(18,19)20)17(21,22)30(26,27)23-25/h2-8,15H,1,9H2. The Labute approximate surface area is 166 Å². The van der Waals surface area contributed by atoms with Crippen LogP contribution in [0, 0.1) is 4.91 Å². The maximum atomic E-state index is 13.6. The number of esters is 1. The second-order valence-corrected chi connectivity index (χ2v) is 7.43. The molecule has 1 unspecified atom stereocenters. The van der Waals surface area contributed by atoms with Crippen LogP contribution in [0.1, 0.15) is 5.56 Å². The Balaban J connectivity index is 2.15. The number of halogens is 5. The van der Waals surface area contributed by atoms with Gasteiger partial charge in [-0.3, -0.25) is 0 Å². The fraction of sp³-hybridized carbons (Fsp3) is 0.235. The van der Waals surface area contributed by atoms with E-state index < -0.39 is 40.1 Å². The SMILES string of the molecule is C=Cc1ccc2cc(OC(=O)COC(C(F)(F)F)C(F)(F)S(=O)(=O)N=O)ccc2c1. The predicted molar refractivity (Wildman–Crippen MR) is 95.1 cm³/mol. The van der Waals surface area contributed by atoms with Crippen LogP contribution in [0.2, 0.25) is 0 Å². The minimum absolute atomic E-state index is 0.125. The third kappa shape index (κ3) is 4.97. The zero-order chi connectivity index (χ0) is 22.7. The highest BCUT2D eigenvalue weighted by atomic mass is 32.2. The molecule has 13 heteroatoms. The van der Waals surface area contributed by atoms with Crippen molar-refractivity contribution < 1.29 is 44.6 Å². The Hall–Kier alpha value is -2.93. The van der Waals surface area contributed by atoms with Crippen molar-refractivity contribution >= 4 is 32.8 Å². The monoisotopic (exact) mass is 453 g/mol. The molecule has 0 saturated carbocycles. The number of hydrogen-bond acceptors (Lipinski definition) is 6. The average molecular weight is 453 g/mol. The van der Waals surface area contributed by atoms with Crippen molar-refractivity contribution in [1.29, 1.82) is 0 Å². The Morgan fingerprint density at radius 1 is 1.10 bits per heavy atom. The van der Waals surface area contributed by atoms with Gasteiger partial charge < -0.3 is 9.47 Å². The Morgan fingerprint density at radius 3 is 2.27 bits per heavy atom. The second-order valence-electron chi connectivity index (χ2n) is 5.79. The maximum Gasteiger partial charge on any atom is 0.421 e. The van der Waals surface area contributed by atoms with E-state index in [0.29, 0.717) is 5.39 Å². The highest BCUT2D eigenvalue weighted by Crippen LogP contribution is 2.39. The maximum absolute atomic E-state index is 13.6. The molecule has 2 aromatic carbocycles. The van der Waals surface area contributed by atoms with E-state index >= 15 is 0 Å². The van der Waals surface area contributed by atoms with Crippen LogP contribution in [0.3, 0.4) is 0 Å². The lowest BCUT2D eigenvalue weighted by atomic mass is 10.1. The molecule has 0 N–H and O–H groups in total. The first-order valence-corrected chi connectivity index (χ1v) is 9.28. The van der Waals surface area contributed by atoms with Gasteiger partial charge in [0.2, 0.25) is 6.10 Å². The molecule has 1 atom stereocenters. The number of sulfonamides is 1. The van der Waals surface area contributed by atoms with Crippen molar-refractivity contribution in [3.8, 4) is 5.75 Å². The van der Waals surface area contributed by atoms with Gasteiger partial charge in [-0.2, -0.15) is 30.4 Å². The van der Waals surface area contributed by atoms with Crippen LogP contribution in [-0.2, 0) is 19.6 Å². The van der Waals surface area contributed by atoms with E-state index in [1.54, 1.807) is 24.3 Å². The van der Waals surface area contributed by atoms with E-state index in [2.05, 4.69) is 11.3 Å². The third-order valence-corrected chi connectivity index (χ3v) is 4.81. The van der Waals surface area contributed by atoms with Gasteiger partial charge in [0.25, 0.3) is 0 Å². The number of hydrogen-bond donors (Lipinski definition) is 0. The molecule has 30 heavy (non-hydrogen) atoms. The largest absolute Gasteiger partial charge is 0.425 e. The molecule has 0 spiro atoms. The zero-order valence-electron chi connectivity index (χ0n) is 14.7. The van der Waals surface area contributed by atoms with Crippen molar-refractivity contribution in [3.05, 3.63) is 53.4 Å². The minimum atomic E-state index is -6.39. The highest BCUT2D eigenvalue weighted by molar-refractivity contribution is 7.91. The molecule has 0 aliphatic rings. The predicted octanol–water partition coefficient (Wildman–Crippen LogP) is 4.02. The van der Waals surface area contributed by atoms with Gasteiger partial charge in [0.15, 0.2) is 0 Å². The molecule has 0 aliphatic carbocycles. The number of ether oxygens (including phenoxy) is 2. The molecule has 162 valence electrons. The number of alkyl halides is 5. The van der Waals surface area contributed by atoms with Crippen molar-refractivity contribution in [2.45, 2.75) is 17.5 Å². The lowest BCUT2D eigenvalue weighted by molar-refractivity contribution is -0.262. The molecule has 0 heterocycles. The topological polar surface area (TPSA) is 99.1 Å². The van der Waals surface area contributed by atoms with Crippen molar-refractivity contribution in [1.82, 2.24) is 0 Å². The number of fused-ring (bicyclic) bond motifs is 1. The summed E-state index contributed by atoms with van der Waals surface area (Å²) < 4.78 is 97.0. The van der Waals surface area contributed by atoms with Gasteiger partial charge in [0.05, 0.1) is 4.58 Å². The van der Waals surface area contributed by atoms with Crippen LogP contribution in [0.15, 0.2) is 47.6 Å². The highest BCUT2D eigenvalue weighted by Gasteiger charge is 2.65. The average Bonchev–Trinajstić information content (AvgIpc) is 2.66. The van der Waals surface area contributed by atoms with Crippen LogP contribution < -0.4 is 4.74 Å². The number of rotatable bonds is 8. The lowest BCUT2D eigenvalue weighted by Gasteiger charge is -2.25. The molecule has 0 amide bonds. The van der Waals surface area contributed by atoms with Crippen molar-refractivity contribution in [2.75, 3.05) is 6.61 Å². The molecule has 0 radical (unpaired) electrons. The fourth-order valence-electron chi connectivity index (χ4n) is 2.31. The zero-order valence-corrected chi connectivity index (χ0v) is 15.5. The van der Waals surface area contributed by atoms with Gasteiger partial charge in [0.1, 0.15) is 12.4 Å². The third-order valence-electron chi connectivity index (χ3n) is 3.72. The van der Waals surface area contributed by atoms with E-state index in [0.717, 1.165) is 15.5 Å². The summed E-state index contributed by atoms with van der Waals surface area (Å²) in [6.45, 7) is 1.93. The number of nitroso groups, excluding NO2 is 1. The first kappa shape index (κ1) is 23.3. The quantitative estimate of drug-likeness (QED) is 0.259. The molecule has 7 nitrogen and oxygen atoms in total. The van der Waals surface area contributed by atoms with Crippen LogP contribution in [0.25, 0.3) is 16.8 Å². The van der Waals surface area contributed by atoms with Gasteiger partial charge in [-0.25, -0.2) is 4.79 Å². The molecular formula is C17H12F5NO6S. The summed E-state index contributed by atoms with van der Waals surface area (Å²) in [5, 5.41) is -4.43. The number of benzene rings is 2. The smallest absolute Gasteiger partial charge is 0.421 e. The number of nitrogens with zero attached hydrogens (tertiary/aromatic N) is 1. The van der Waals surface area contributed by atoms with Gasteiger partial charge in [-0.05, 0) is 34.5 Å². The molecule has 0 fully saturated rings. The molecule has 0 aromatic heterocycles. The molecule has 0 aliphatic heterocycles. The Kier molecular flexibility index (Phi) is 6.57. The van der Waals surface area contributed by atoms with Crippen molar-refractivity contribution in [2.24, 2.45) is 4.58 Å². The van der Waals surface area contributed by atoms with E-state index in [1.807, 2.05) is 0 Å². The van der Waals surface area contributed by atoms with Gasteiger partial charge in [0, 0.05) is 0 Å². The first-order valence-electron chi connectivity index (χ1n) is 7.84. The molecule has 0 saturated heterocycles. The van der Waals surface area contributed by atoms with Gasteiger partial charge in [-0.1, -0.05) is 30.9 Å².